The van der Waals surface area contributed by atoms with Crippen molar-refractivity contribution in [3.05, 3.63) is 121 Å². The first-order valence-corrected chi connectivity index (χ1v) is 16.3. The third-order valence-electron chi connectivity index (χ3n) is 8.87. The van der Waals surface area contributed by atoms with Gasteiger partial charge < -0.3 is 15.9 Å². The van der Waals surface area contributed by atoms with Crippen molar-refractivity contribution in [3.63, 3.8) is 0 Å². The van der Waals surface area contributed by atoms with Gasteiger partial charge in [-0.15, -0.1) is 0 Å². The molecule has 0 saturated carbocycles. The van der Waals surface area contributed by atoms with Crippen molar-refractivity contribution in [1.82, 2.24) is 0 Å². The van der Waals surface area contributed by atoms with Gasteiger partial charge in [0.15, 0.2) is 0 Å². The number of phenols is 2. The maximum absolute atomic E-state index is 11.4. The topological polar surface area (TPSA) is 66.5 Å². The summed E-state index contributed by atoms with van der Waals surface area (Å²) >= 11 is 0. The van der Waals surface area contributed by atoms with E-state index in [4.69, 9.17) is 5.73 Å². The Morgan fingerprint density at radius 3 is 1.27 bits per heavy atom. The van der Waals surface area contributed by atoms with Crippen molar-refractivity contribution in [3.8, 4) is 11.5 Å². The number of anilines is 1. The second kappa shape index (κ2) is 12.2. The highest BCUT2D eigenvalue weighted by molar-refractivity contribution is 5.61. The van der Waals surface area contributed by atoms with Gasteiger partial charge in [-0.25, -0.2) is 0 Å². The monoisotopic (exact) mass is 605 g/mol. The number of aromatic hydroxyl groups is 2. The molecule has 3 nitrogen and oxygen atoms in total. The first-order valence-electron chi connectivity index (χ1n) is 16.3. The Morgan fingerprint density at radius 1 is 0.467 bits per heavy atom. The van der Waals surface area contributed by atoms with Crippen molar-refractivity contribution >= 4 is 5.69 Å². The summed E-state index contributed by atoms with van der Waals surface area (Å²) in [7, 11) is 0. The normalized spacial score (nSPS) is 12.5. The average Bonchev–Trinajstić information content (AvgIpc) is 2.87. The van der Waals surface area contributed by atoms with E-state index in [9.17, 15) is 10.2 Å². The summed E-state index contributed by atoms with van der Waals surface area (Å²) in [6, 6.07) is 19.6. The number of rotatable bonds is 6. The van der Waals surface area contributed by atoms with Crippen LogP contribution >= 0.6 is 0 Å². The molecule has 0 aliphatic heterocycles. The molecule has 0 aliphatic carbocycles. The van der Waals surface area contributed by atoms with Crippen LogP contribution in [0.2, 0.25) is 0 Å². The molecule has 45 heavy (non-hydrogen) atoms. The van der Waals surface area contributed by atoms with Crippen molar-refractivity contribution in [2.24, 2.45) is 0 Å². The van der Waals surface area contributed by atoms with E-state index in [0.29, 0.717) is 30.8 Å². The predicted molar refractivity (Wildman–Crippen MR) is 192 cm³/mol. The zero-order valence-electron chi connectivity index (χ0n) is 29.8. The first kappa shape index (κ1) is 34.2. The van der Waals surface area contributed by atoms with Crippen LogP contribution in [0.5, 0.6) is 11.5 Å². The Bertz CT molecular complexity index is 1720. The fourth-order valence-electron chi connectivity index (χ4n) is 6.42. The van der Waals surface area contributed by atoms with Gasteiger partial charge in [-0.1, -0.05) is 134 Å². The highest BCUT2D eigenvalue weighted by Gasteiger charge is 2.24. The van der Waals surface area contributed by atoms with Crippen LogP contribution in [0.4, 0.5) is 5.69 Å². The highest BCUT2D eigenvalue weighted by Crippen LogP contribution is 2.39. The molecule has 4 N–H and O–H groups in total. The molecule has 4 aromatic carbocycles. The minimum Gasteiger partial charge on any atom is -0.507 e. The molecule has 0 saturated heterocycles. The summed E-state index contributed by atoms with van der Waals surface area (Å²) in [4.78, 5) is 0. The molecule has 240 valence electrons. The lowest BCUT2D eigenvalue weighted by atomic mass is 9.81. The molecule has 0 atom stereocenters. The van der Waals surface area contributed by atoms with E-state index < -0.39 is 0 Å². The lowest BCUT2D eigenvalue weighted by molar-refractivity contribution is 0.440. The summed E-state index contributed by atoms with van der Waals surface area (Å²) in [6.45, 7) is 25.9. The average molecular weight is 606 g/mol. The van der Waals surface area contributed by atoms with Gasteiger partial charge in [0.25, 0.3) is 0 Å². The third-order valence-corrected chi connectivity index (χ3v) is 8.87. The summed E-state index contributed by atoms with van der Waals surface area (Å²) < 4.78 is 0. The van der Waals surface area contributed by atoms with Crippen LogP contribution in [0.25, 0.3) is 0 Å². The summed E-state index contributed by atoms with van der Waals surface area (Å²) in [6.07, 6.45) is 1.94. The quantitative estimate of drug-likeness (QED) is 0.192. The van der Waals surface area contributed by atoms with Crippen LogP contribution in [0.3, 0.4) is 0 Å². The van der Waals surface area contributed by atoms with Crippen LogP contribution in [-0.4, -0.2) is 10.2 Å². The van der Waals surface area contributed by atoms with Gasteiger partial charge in [-0.2, -0.15) is 0 Å². The number of nitrogen functional groups attached to an aromatic ring is 1. The molecular formula is C42H55NO2. The van der Waals surface area contributed by atoms with E-state index in [-0.39, 0.29) is 16.2 Å². The van der Waals surface area contributed by atoms with Crippen molar-refractivity contribution in [2.75, 3.05) is 5.73 Å². The summed E-state index contributed by atoms with van der Waals surface area (Å²) in [5.74, 6) is 0.768. The van der Waals surface area contributed by atoms with Crippen molar-refractivity contribution in [2.45, 2.75) is 119 Å². The Hall–Kier alpha value is -3.72. The molecule has 4 aromatic rings. The van der Waals surface area contributed by atoms with Gasteiger partial charge in [0.1, 0.15) is 11.5 Å². The predicted octanol–water partition coefficient (Wildman–Crippen LogP) is 10.3. The van der Waals surface area contributed by atoms with Gasteiger partial charge in [0.05, 0.1) is 0 Å². The Balaban J connectivity index is 1.76. The Labute approximate surface area is 272 Å². The van der Waals surface area contributed by atoms with Gasteiger partial charge in [-0.3, -0.25) is 0 Å². The van der Waals surface area contributed by atoms with Crippen LogP contribution in [0, 0.1) is 20.8 Å². The fraction of sp³-hybridized carbons (Fsp3) is 0.429. The molecule has 0 amide bonds. The second-order valence-electron chi connectivity index (χ2n) is 16.5. The molecular weight excluding hydrogens is 550 g/mol. The van der Waals surface area contributed by atoms with Gasteiger partial charge in [0.2, 0.25) is 0 Å². The fourth-order valence-corrected chi connectivity index (χ4v) is 6.42. The lowest BCUT2D eigenvalue weighted by Gasteiger charge is -2.25. The van der Waals surface area contributed by atoms with Crippen LogP contribution in [-0.2, 0) is 35.5 Å². The summed E-state index contributed by atoms with van der Waals surface area (Å²) in [5, 5.41) is 22.6. The standard InChI is InChI=1S/C42H55NO2/c1-25-13-28(19-29(14-25)21-32-15-26(2)17-35(38(32)44)41(7,8)9)20-30-23-34(40(4,5)6)24-31(37(30)43)22-33-16-27(3)18-36(39(33)45)42(10,11)12/h13-19,23-24,44-45H,20-22,43H2,1-12H3. The maximum atomic E-state index is 11.4. The number of phenolic OH excluding ortho intramolecular Hbond substituents is 2. The molecule has 0 radical (unpaired) electrons. The van der Waals surface area contributed by atoms with E-state index in [1.165, 1.54) is 22.3 Å². The van der Waals surface area contributed by atoms with E-state index in [0.717, 1.165) is 50.2 Å². The molecule has 0 unspecified atom stereocenters. The SMILES string of the molecule is Cc1cc(Cc2cc(C(C)(C)C)cc(Cc3cc(C)cc(C(C)(C)C)c3O)c2N)cc(Cc2cc(C)cc(C(C)(C)C)c2O)c1. The second-order valence-corrected chi connectivity index (χ2v) is 16.5. The molecule has 0 heterocycles. The lowest BCUT2D eigenvalue weighted by Crippen LogP contribution is -2.15. The largest absolute Gasteiger partial charge is 0.507 e. The van der Waals surface area contributed by atoms with E-state index >= 15 is 0 Å². The number of benzene rings is 4. The number of hydrogen-bond donors (Lipinski definition) is 3. The third kappa shape index (κ3) is 7.93. The van der Waals surface area contributed by atoms with Crippen molar-refractivity contribution < 1.29 is 10.2 Å². The zero-order valence-corrected chi connectivity index (χ0v) is 29.8. The minimum absolute atomic E-state index is 0.0619. The smallest absolute Gasteiger partial charge is 0.122 e. The van der Waals surface area contributed by atoms with Gasteiger partial charge >= 0.3 is 0 Å². The van der Waals surface area contributed by atoms with E-state index in [1.807, 2.05) is 0 Å². The maximum Gasteiger partial charge on any atom is 0.122 e. The number of aryl methyl sites for hydroxylation is 3. The van der Waals surface area contributed by atoms with Crippen molar-refractivity contribution in [1.29, 1.82) is 0 Å². The molecule has 0 spiro atoms. The molecule has 3 heteroatoms. The van der Waals surface area contributed by atoms with Gasteiger partial charge in [0, 0.05) is 18.5 Å². The Morgan fingerprint density at radius 2 is 0.844 bits per heavy atom. The molecule has 0 bridgehead atoms. The Kier molecular flexibility index (Phi) is 9.29. The molecule has 0 aliphatic rings. The van der Waals surface area contributed by atoms with E-state index in [2.05, 4.69) is 138 Å². The zero-order chi connectivity index (χ0) is 33.6. The number of hydrogen-bond acceptors (Lipinski definition) is 3. The first-order chi connectivity index (χ1) is 20.6. The van der Waals surface area contributed by atoms with Crippen LogP contribution < -0.4 is 5.73 Å². The van der Waals surface area contributed by atoms with E-state index in [1.54, 1.807) is 0 Å². The summed E-state index contributed by atoms with van der Waals surface area (Å²) in [5.41, 5.74) is 20.5. The molecule has 4 rings (SSSR count). The van der Waals surface area contributed by atoms with Crippen LogP contribution in [0.15, 0.2) is 54.6 Å². The minimum atomic E-state index is -0.165. The van der Waals surface area contributed by atoms with Gasteiger partial charge in [-0.05, 0) is 93.5 Å². The molecule has 0 fully saturated rings. The molecule has 0 aromatic heterocycles. The number of nitrogens with two attached hydrogens (primary N) is 1. The van der Waals surface area contributed by atoms with Crippen LogP contribution in [0.1, 0.15) is 129 Å². The highest BCUT2D eigenvalue weighted by atomic mass is 16.3.